The van der Waals surface area contributed by atoms with Gasteiger partial charge in [-0.05, 0) is 56.4 Å². The third kappa shape index (κ3) is 5.93. The molecule has 1 saturated heterocycles. The van der Waals surface area contributed by atoms with Gasteiger partial charge in [0.05, 0.1) is 39.8 Å². The number of nitrogens with zero attached hydrogens (tertiary/aromatic N) is 5. The van der Waals surface area contributed by atoms with Crippen molar-refractivity contribution in [2.45, 2.75) is 26.5 Å². The standard InChI is InChI=1S/C36H35N5O5S/c1-21-34(46-22(2)37-21)28-13-10-24-16-25(11-12-27(24)38-28)33-32(23-8-6-5-7-9-23)35-29(17-30(47-35)36(43)44)41(33)20-31(42)40-14-15-45-26(19-40)18-39(3)4/h5-13,16-17,26H,14-15,18-20H2,1-4H3,(H,43,44). The summed E-state index contributed by atoms with van der Waals surface area (Å²) in [7, 11) is 3.98. The van der Waals surface area contributed by atoms with Gasteiger partial charge in [0.25, 0.3) is 0 Å². The molecule has 47 heavy (non-hydrogen) atoms. The van der Waals surface area contributed by atoms with Crippen LogP contribution >= 0.6 is 11.3 Å². The monoisotopic (exact) mass is 649 g/mol. The van der Waals surface area contributed by atoms with E-state index in [2.05, 4.69) is 16.0 Å². The van der Waals surface area contributed by atoms with E-state index < -0.39 is 5.97 Å². The zero-order chi connectivity index (χ0) is 32.8. The van der Waals surface area contributed by atoms with Crippen molar-refractivity contribution in [1.82, 2.24) is 24.3 Å². The van der Waals surface area contributed by atoms with Crippen molar-refractivity contribution in [3.8, 4) is 33.8 Å². The van der Waals surface area contributed by atoms with Crippen LogP contribution in [0.2, 0.25) is 0 Å². The van der Waals surface area contributed by atoms with Crippen molar-refractivity contribution in [1.29, 1.82) is 0 Å². The Bertz CT molecular complexity index is 2130. The van der Waals surface area contributed by atoms with E-state index in [1.807, 2.05) is 92.0 Å². The average molecular weight is 650 g/mol. The van der Waals surface area contributed by atoms with Crippen molar-refractivity contribution in [3.63, 3.8) is 0 Å². The van der Waals surface area contributed by atoms with Crippen LogP contribution in [-0.4, -0.2) is 87.8 Å². The Morgan fingerprint density at radius 3 is 2.55 bits per heavy atom. The number of aromatic nitrogens is 3. The lowest BCUT2D eigenvalue weighted by Crippen LogP contribution is -2.49. The molecule has 7 rings (SSSR count). The molecule has 6 aromatic rings. The lowest BCUT2D eigenvalue weighted by molar-refractivity contribution is -0.139. The Balaban J connectivity index is 1.37. The number of amides is 1. The molecule has 1 amide bonds. The quantitative estimate of drug-likeness (QED) is 0.203. The molecule has 1 atom stereocenters. The average Bonchev–Trinajstić information content (AvgIpc) is 3.72. The van der Waals surface area contributed by atoms with E-state index >= 15 is 0 Å². The number of hydrogen-bond acceptors (Lipinski definition) is 8. The summed E-state index contributed by atoms with van der Waals surface area (Å²) in [4.78, 5) is 39.6. The molecule has 2 aromatic carbocycles. The minimum Gasteiger partial charge on any atom is -0.477 e. The lowest BCUT2D eigenvalue weighted by Gasteiger charge is -2.34. The number of aryl methyl sites for hydroxylation is 2. The Morgan fingerprint density at radius 2 is 1.83 bits per heavy atom. The fourth-order valence-electron chi connectivity index (χ4n) is 6.43. The van der Waals surface area contributed by atoms with Gasteiger partial charge in [-0.3, -0.25) is 4.79 Å². The zero-order valence-electron chi connectivity index (χ0n) is 26.7. The molecule has 0 saturated carbocycles. The second-order valence-corrected chi connectivity index (χ2v) is 13.2. The topological polar surface area (TPSA) is 114 Å². The number of benzene rings is 2. The molecule has 1 unspecified atom stereocenters. The van der Waals surface area contributed by atoms with Crippen LogP contribution in [0.4, 0.5) is 0 Å². The predicted octanol–water partition coefficient (Wildman–Crippen LogP) is 6.34. The van der Waals surface area contributed by atoms with Crippen molar-refractivity contribution < 1.29 is 23.8 Å². The van der Waals surface area contributed by atoms with Crippen LogP contribution in [0.3, 0.4) is 0 Å². The maximum absolute atomic E-state index is 14.0. The Labute approximate surface area is 275 Å². The first-order valence-electron chi connectivity index (χ1n) is 15.5. The first-order chi connectivity index (χ1) is 22.7. The number of morpholine rings is 1. The summed E-state index contributed by atoms with van der Waals surface area (Å²) in [6.07, 6.45) is -0.0750. The van der Waals surface area contributed by atoms with Gasteiger partial charge >= 0.3 is 5.97 Å². The first-order valence-corrected chi connectivity index (χ1v) is 16.3. The van der Waals surface area contributed by atoms with E-state index in [-0.39, 0.29) is 23.4 Å². The molecule has 240 valence electrons. The first kappa shape index (κ1) is 30.8. The summed E-state index contributed by atoms with van der Waals surface area (Å²) in [5, 5.41) is 10.9. The number of ether oxygens (including phenoxy) is 1. The molecule has 0 bridgehead atoms. The number of carboxylic acid groups (broad SMARTS) is 1. The van der Waals surface area contributed by atoms with Crippen LogP contribution in [0.25, 0.3) is 55.0 Å². The summed E-state index contributed by atoms with van der Waals surface area (Å²) in [5.41, 5.74) is 6.61. The van der Waals surface area contributed by atoms with E-state index in [9.17, 15) is 14.7 Å². The number of carboxylic acids is 1. The molecule has 0 aliphatic carbocycles. The second kappa shape index (κ2) is 12.4. The summed E-state index contributed by atoms with van der Waals surface area (Å²) in [6.45, 7) is 5.98. The van der Waals surface area contributed by atoms with E-state index in [1.165, 1.54) is 11.3 Å². The zero-order valence-corrected chi connectivity index (χ0v) is 27.5. The largest absolute Gasteiger partial charge is 0.477 e. The van der Waals surface area contributed by atoms with Crippen LogP contribution in [0.15, 0.2) is 71.1 Å². The fraction of sp³-hybridized carbons (Fsp3) is 0.278. The summed E-state index contributed by atoms with van der Waals surface area (Å²) in [6, 6.07) is 21.7. The van der Waals surface area contributed by atoms with Crippen molar-refractivity contribution in [2.75, 3.05) is 40.3 Å². The minimum absolute atomic E-state index is 0.0392. The molecule has 1 aliphatic rings. The Morgan fingerprint density at radius 1 is 1.02 bits per heavy atom. The molecule has 1 aliphatic heterocycles. The van der Waals surface area contributed by atoms with Crippen molar-refractivity contribution in [3.05, 3.63) is 83.2 Å². The van der Waals surface area contributed by atoms with Gasteiger partial charge in [0.1, 0.15) is 17.1 Å². The third-order valence-electron chi connectivity index (χ3n) is 8.46. The van der Waals surface area contributed by atoms with Crippen LogP contribution in [0, 0.1) is 13.8 Å². The van der Waals surface area contributed by atoms with Crippen LogP contribution in [0.1, 0.15) is 21.3 Å². The number of fused-ring (bicyclic) bond motifs is 2. The Hall–Kier alpha value is -4.84. The number of rotatable bonds is 8. The Kier molecular flexibility index (Phi) is 8.13. The molecule has 1 N–H and O–H groups in total. The summed E-state index contributed by atoms with van der Waals surface area (Å²) >= 11 is 1.23. The van der Waals surface area contributed by atoms with Gasteiger partial charge in [-0.1, -0.05) is 42.5 Å². The van der Waals surface area contributed by atoms with Gasteiger partial charge in [0.2, 0.25) is 5.91 Å². The lowest BCUT2D eigenvalue weighted by atomic mass is 9.99. The smallest absolute Gasteiger partial charge is 0.345 e. The highest BCUT2D eigenvalue weighted by atomic mass is 32.1. The number of aromatic carboxylic acids is 1. The number of hydrogen-bond donors (Lipinski definition) is 1. The summed E-state index contributed by atoms with van der Waals surface area (Å²) in [5.74, 6) is 0.212. The van der Waals surface area contributed by atoms with Crippen molar-refractivity contribution >= 4 is 44.3 Å². The number of carbonyl (C=O) groups excluding carboxylic acids is 1. The highest BCUT2D eigenvalue weighted by molar-refractivity contribution is 7.21. The van der Waals surface area contributed by atoms with E-state index in [0.717, 1.165) is 55.7 Å². The van der Waals surface area contributed by atoms with Crippen LogP contribution < -0.4 is 0 Å². The SMILES string of the molecule is Cc1nc(C)c(-c2ccc3cc(-c4c(-c5ccccc5)c5sc(C(=O)O)cc5n4CC(=O)N4CCOC(CN(C)C)C4)ccc3n2)o1. The molecular weight excluding hydrogens is 614 g/mol. The van der Waals surface area contributed by atoms with Gasteiger partial charge in [-0.25, -0.2) is 14.8 Å². The second-order valence-electron chi connectivity index (χ2n) is 12.2. The van der Waals surface area contributed by atoms with Gasteiger partial charge < -0.3 is 28.6 Å². The maximum Gasteiger partial charge on any atom is 0.345 e. The number of likely N-dealkylation sites (N-methyl/N-ethyl adjacent to an activating group) is 1. The predicted molar refractivity (Wildman–Crippen MR) is 183 cm³/mol. The van der Waals surface area contributed by atoms with Crippen LogP contribution in [0.5, 0.6) is 0 Å². The van der Waals surface area contributed by atoms with Crippen LogP contribution in [-0.2, 0) is 16.1 Å². The van der Waals surface area contributed by atoms with E-state index in [0.29, 0.717) is 37.0 Å². The molecule has 10 nitrogen and oxygen atoms in total. The molecule has 11 heteroatoms. The van der Waals surface area contributed by atoms with Crippen molar-refractivity contribution in [2.24, 2.45) is 0 Å². The van der Waals surface area contributed by atoms with Gasteiger partial charge in [-0.2, -0.15) is 0 Å². The molecule has 1 fully saturated rings. The highest BCUT2D eigenvalue weighted by Crippen LogP contribution is 2.45. The molecule has 0 spiro atoms. The van der Waals surface area contributed by atoms with Gasteiger partial charge in [0, 0.05) is 37.5 Å². The maximum atomic E-state index is 14.0. The number of carbonyl (C=O) groups is 2. The molecule has 4 aromatic heterocycles. The third-order valence-corrected chi connectivity index (χ3v) is 9.59. The van der Waals surface area contributed by atoms with E-state index in [1.54, 1.807) is 6.07 Å². The normalized spacial score (nSPS) is 15.3. The molecule has 0 radical (unpaired) electrons. The number of pyridine rings is 1. The number of thiophene rings is 1. The molecular formula is C36H35N5O5S. The fourth-order valence-corrected chi connectivity index (χ4v) is 7.50. The highest BCUT2D eigenvalue weighted by Gasteiger charge is 2.29. The number of oxazole rings is 1. The minimum atomic E-state index is -0.992. The van der Waals surface area contributed by atoms with Gasteiger partial charge in [0.15, 0.2) is 11.7 Å². The summed E-state index contributed by atoms with van der Waals surface area (Å²) < 4.78 is 14.6. The molecule has 5 heterocycles. The van der Waals surface area contributed by atoms with E-state index in [4.69, 9.17) is 14.1 Å². The van der Waals surface area contributed by atoms with Gasteiger partial charge in [-0.15, -0.1) is 11.3 Å².